The molecule has 100 valence electrons. The molecular formula is C14H15ClN2O2. The molecule has 1 aromatic carbocycles. The zero-order chi connectivity index (χ0) is 14.0. The van der Waals surface area contributed by atoms with Gasteiger partial charge < -0.3 is 5.11 Å². The summed E-state index contributed by atoms with van der Waals surface area (Å²) >= 11 is 5.96. The van der Waals surface area contributed by atoms with Crippen LogP contribution in [0, 0.1) is 5.92 Å². The number of halogens is 1. The smallest absolute Gasteiger partial charge is 0.339 e. The normalized spacial score (nSPS) is 10.9. The lowest BCUT2D eigenvalue weighted by atomic mass is 10.0. The number of aromatic nitrogens is 2. The van der Waals surface area contributed by atoms with Crippen LogP contribution in [0.15, 0.2) is 30.5 Å². The lowest BCUT2D eigenvalue weighted by molar-refractivity contribution is 0.0695. The summed E-state index contributed by atoms with van der Waals surface area (Å²) in [4.78, 5) is 11.2. The van der Waals surface area contributed by atoms with Gasteiger partial charge in [-0.25, -0.2) is 9.48 Å². The Kier molecular flexibility index (Phi) is 3.90. The van der Waals surface area contributed by atoms with Crippen molar-refractivity contribution in [2.75, 3.05) is 0 Å². The van der Waals surface area contributed by atoms with Crippen LogP contribution in [0.5, 0.6) is 0 Å². The molecule has 0 radical (unpaired) electrons. The molecule has 1 N–H and O–H groups in total. The summed E-state index contributed by atoms with van der Waals surface area (Å²) in [5.41, 5.74) is 1.72. The summed E-state index contributed by atoms with van der Waals surface area (Å²) in [7, 11) is 0. The second kappa shape index (κ2) is 5.45. The average Bonchev–Trinajstić information content (AvgIpc) is 2.71. The van der Waals surface area contributed by atoms with Crippen LogP contribution in [0.4, 0.5) is 0 Å². The molecule has 0 fully saturated rings. The topological polar surface area (TPSA) is 55.1 Å². The van der Waals surface area contributed by atoms with E-state index in [1.807, 2.05) is 26.0 Å². The monoisotopic (exact) mass is 278 g/mol. The Morgan fingerprint density at radius 2 is 2.21 bits per heavy atom. The minimum atomic E-state index is -0.955. The molecule has 0 spiro atoms. The van der Waals surface area contributed by atoms with Crippen LogP contribution in [0.2, 0.25) is 5.02 Å². The van der Waals surface area contributed by atoms with Crippen molar-refractivity contribution in [3.63, 3.8) is 0 Å². The number of aromatic carboxylic acids is 1. The summed E-state index contributed by atoms with van der Waals surface area (Å²) in [5.74, 6) is -0.614. The molecule has 0 aliphatic rings. The van der Waals surface area contributed by atoms with Crippen LogP contribution < -0.4 is 0 Å². The number of benzene rings is 1. The third-order valence-corrected chi connectivity index (χ3v) is 2.99. The van der Waals surface area contributed by atoms with Crippen molar-refractivity contribution >= 4 is 17.6 Å². The minimum absolute atomic E-state index is 0.244. The van der Waals surface area contributed by atoms with Gasteiger partial charge in [0.05, 0.1) is 17.6 Å². The van der Waals surface area contributed by atoms with E-state index in [1.54, 1.807) is 16.8 Å². The second-order valence-electron chi connectivity index (χ2n) is 4.80. The third kappa shape index (κ3) is 2.96. The highest BCUT2D eigenvalue weighted by atomic mass is 35.5. The Morgan fingerprint density at radius 3 is 2.79 bits per heavy atom. The Hall–Kier alpha value is -1.81. The molecule has 1 heterocycles. The molecule has 2 rings (SSSR count). The first kappa shape index (κ1) is 13.6. The van der Waals surface area contributed by atoms with E-state index in [2.05, 4.69) is 5.10 Å². The van der Waals surface area contributed by atoms with Gasteiger partial charge in [0.2, 0.25) is 0 Å². The van der Waals surface area contributed by atoms with E-state index in [0.717, 1.165) is 5.69 Å². The zero-order valence-corrected chi connectivity index (χ0v) is 11.6. The van der Waals surface area contributed by atoms with E-state index in [-0.39, 0.29) is 5.56 Å². The highest BCUT2D eigenvalue weighted by Crippen LogP contribution is 2.20. The molecule has 19 heavy (non-hydrogen) atoms. The van der Waals surface area contributed by atoms with Gasteiger partial charge >= 0.3 is 5.97 Å². The van der Waals surface area contributed by atoms with E-state index in [1.165, 1.54) is 6.20 Å². The number of rotatable bonds is 4. The van der Waals surface area contributed by atoms with Crippen molar-refractivity contribution in [1.29, 1.82) is 0 Å². The first-order valence-electron chi connectivity index (χ1n) is 6.05. The second-order valence-corrected chi connectivity index (χ2v) is 5.24. The van der Waals surface area contributed by atoms with Crippen molar-refractivity contribution in [2.45, 2.75) is 20.3 Å². The maximum Gasteiger partial charge on any atom is 0.339 e. The fourth-order valence-corrected chi connectivity index (χ4v) is 2.15. The standard InChI is InChI=1S/C14H15ClN2O2/c1-9(2)6-13-12(14(18)19)8-16-17(13)11-5-3-4-10(15)7-11/h3-5,7-9H,6H2,1-2H3,(H,18,19). The lowest BCUT2D eigenvalue weighted by Crippen LogP contribution is -2.09. The van der Waals surface area contributed by atoms with Gasteiger partial charge in [-0.1, -0.05) is 31.5 Å². The molecular weight excluding hydrogens is 264 g/mol. The van der Waals surface area contributed by atoms with Gasteiger partial charge in [-0.05, 0) is 30.5 Å². The first-order chi connectivity index (χ1) is 8.99. The van der Waals surface area contributed by atoms with Gasteiger partial charge in [-0.2, -0.15) is 5.10 Å². The molecule has 0 aliphatic heterocycles. The number of nitrogens with zero attached hydrogens (tertiary/aromatic N) is 2. The van der Waals surface area contributed by atoms with Crippen LogP contribution >= 0.6 is 11.6 Å². The minimum Gasteiger partial charge on any atom is -0.478 e. The summed E-state index contributed by atoms with van der Waals surface area (Å²) in [6.45, 7) is 4.09. The molecule has 0 unspecified atom stereocenters. The molecule has 4 nitrogen and oxygen atoms in total. The van der Waals surface area contributed by atoms with Gasteiger partial charge in [0, 0.05) is 5.02 Å². The average molecular weight is 279 g/mol. The maximum absolute atomic E-state index is 11.2. The zero-order valence-electron chi connectivity index (χ0n) is 10.8. The lowest BCUT2D eigenvalue weighted by Gasteiger charge is -2.10. The number of carbonyl (C=O) groups is 1. The van der Waals surface area contributed by atoms with Gasteiger partial charge in [-0.15, -0.1) is 0 Å². The predicted octanol–water partition coefficient (Wildman–Crippen LogP) is 3.42. The molecule has 1 aromatic heterocycles. The number of hydrogen-bond donors (Lipinski definition) is 1. The van der Waals surface area contributed by atoms with Gasteiger partial charge in [0.1, 0.15) is 5.56 Å². The molecule has 2 aromatic rings. The van der Waals surface area contributed by atoms with Crippen LogP contribution in [-0.2, 0) is 6.42 Å². The predicted molar refractivity (Wildman–Crippen MR) is 74.1 cm³/mol. The van der Waals surface area contributed by atoms with Crippen LogP contribution in [-0.4, -0.2) is 20.9 Å². The molecule has 0 atom stereocenters. The van der Waals surface area contributed by atoms with Crippen LogP contribution in [0.25, 0.3) is 5.69 Å². The van der Waals surface area contributed by atoms with E-state index in [0.29, 0.717) is 23.1 Å². The quantitative estimate of drug-likeness (QED) is 0.932. The van der Waals surface area contributed by atoms with Crippen molar-refractivity contribution in [3.8, 4) is 5.69 Å². The Balaban J connectivity index is 2.54. The third-order valence-electron chi connectivity index (χ3n) is 2.75. The Bertz CT molecular complexity index is 605. The fourth-order valence-electron chi connectivity index (χ4n) is 1.97. The maximum atomic E-state index is 11.2. The fraction of sp³-hybridized carbons (Fsp3) is 0.286. The Morgan fingerprint density at radius 1 is 1.47 bits per heavy atom. The summed E-state index contributed by atoms with van der Waals surface area (Å²) in [6, 6.07) is 7.21. The van der Waals surface area contributed by atoms with Gasteiger partial charge in [-0.3, -0.25) is 0 Å². The highest BCUT2D eigenvalue weighted by Gasteiger charge is 2.18. The van der Waals surface area contributed by atoms with E-state index in [9.17, 15) is 9.90 Å². The molecule has 0 amide bonds. The van der Waals surface area contributed by atoms with Crippen molar-refractivity contribution in [3.05, 3.63) is 46.7 Å². The number of carboxylic acid groups (broad SMARTS) is 1. The van der Waals surface area contributed by atoms with Crippen LogP contribution in [0.1, 0.15) is 29.9 Å². The molecule has 0 saturated heterocycles. The summed E-state index contributed by atoms with van der Waals surface area (Å²) < 4.78 is 1.65. The van der Waals surface area contributed by atoms with Crippen molar-refractivity contribution in [2.24, 2.45) is 5.92 Å². The number of carboxylic acids is 1. The SMILES string of the molecule is CC(C)Cc1c(C(=O)O)cnn1-c1cccc(Cl)c1. The van der Waals surface area contributed by atoms with E-state index < -0.39 is 5.97 Å². The summed E-state index contributed by atoms with van der Waals surface area (Å²) in [5, 5.41) is 14.0. The molecule has 0 aliphatic carbocycles. The summed E-state index contributed by atoms with van der Waals surface area (Å²) in [6.07, 6.45) is 2.04. The van der Waals surface area contributed by atoms with E-state index >= 15 is 0 Å². The highest BCUT2D eigenvalue weighted by molar-refractivity contribution is 6.30. The van der Waals surface area contributed by atoms with Gasteiger partial charge in [0.15, 0.2) is 0 Å². The van der Waals surface area contributed by atoms with Crippen LogP contribution in [0.3, 0.4) is 0 Å². The van der Waals surface area contributed by atoms with Gasteiger partial charge in [0.25, 0.3) is 0 Å². The van der Waals surface area contributed by atoms with Crippen molar-refractivity contribution in [1.82, 2.24) is 9.78 Å². The molecule has 5 heteroatoms. The van der Waals surface area contributed by atoms with E-state index in [4.69, 9.17) is 11.6 Å². The molecule has 0 bridgehead atoms. The molecule has 0 saturated carbocycles. The van der Waals surface area contributed by atoms with Crippen molar-refractivity contribution < 1.29 is 9.90 Å². The first-order valence-corrected chi connectivity index (χ1v) is 6.43. The largest absolute Gasteiger partial charge is 0.478 e. The Labute approximate surface area is 116 Å². The number of hydrogen-bond acceptors (Lipinski definition) is 2.